The first kappa shape index (κ1) is 12.9. The van der Waals surface area contributed by atoms with Crippen LogP contribution in [0.5, 0.6) is 0 Å². The summed E-state index contributed by atoms with van der Waals surface area (Å²) in [7, 11) is 1.89. The van der Waals surface area contributed by atoms with Gasteiger partial charge in [0.2, 0.25) is 0 Å². The summed E-state index contributed by atoms with van der Waals surface area (Å²) < 4.78 is 0. The Kier molecular flexibility index (Phi) is 3.63. The van der Waals surface area contributed by atoms with Gasteiger partial charge in [0.1, 0.15) is 5.82 Å². The summed E-state index contributed by atoms with van der Waals surface area (Å²) in [6, 6.07) is 13.8. The molecule has 0 spiro atoms. The van der Waals surface area contributed by atoms with Crippen molar-refractivity contribution in [2.75, 3.05) is 11.9 Å². The van der Waals surface area contributed by atoms with E-state index in [0.717, 1.165) is 16.7 Å². The molecule has 0 fully saturated rings. The summed E-state index contributed by atoms with van der Waals surface area (Å²) in [4.78, 5) is 6.48. The van der Waals surface area contributed by atoms with E-state index in [-0.39, 0.29) is 6.04 Å². The number of pyridine rings is 1. The van der Waals surface area contributed by atoms with Gasteiger partial charge in [0.05, 0.1) is 29.6 Å². The molecule has 0 bridgehead atoms. The average molecular weight is 250 g/mol. The van der Waals surface area contributed by atoms with Crippen LogP contribution in [0.25, 0.3) is 10.9 Å². The molecule has 0 aliphatic carbocycles. The number of nitriles is 2. The zero-order chi connectivity index (χ0) is 13.8. The first-order chi connectivity index (χ1) is 9.17. The maximum Gasteiger partial charge on any atom is 0.130 e. The van der Waals surface area contributed by atoms with Crippen molar-refractivity contribution in [3.63, 3.8) is 0 Å². The molecule has 0 aliphatic heterocycles. The molecule has 1 aromatic carbocycles. The maximum atomic E-state index is 9.24. The second kappa shape index (κ2) is 5.37. The van der Waals surface area contributed by atoms with Crippen LogP contribution in [0, 0.1) is 22.7 Å². The first-order valence-electron chi connectivity index (χ1n) is 6.07. The Labute approximate surface area is 112 Å². The molecule has 0 aliphatic rings. The highest BCUT2D eigenvalue weighted by molar-refractivity contribution is 5.86. The number of anilines is 1. The normalized spacial score (nSPS) is 11.6. The molecule has 19 heavy (non-hydrogen) atoms. The quantitative estimate of drug-likeness (QED) is 0.840. The number of rotatable bonds is 3. The van der Waals surface area contributed by atoms with E-state index in [0.29, 0.717) is 12.0 Å². The second-order valence-corrected chi connectivity index (χ2v) is 4.48. The molecule has 2 aromatic rings. The Hall–Kier alpha value is -2.59. The lowest BCUT2D eigenvalue weighted by Crippen LogP contribution is -2.29. The van der Waals surface area contributed by atoms with Crippen LogP contribution in [0.4, 0.5) is 5.82 Å². The van der Waals surface area contributed by atoms with E-state index in [1.807, 2.05) is 43.1 Å². The van der Waals surface area contributed by atoms with Crippen molar-refractivity contribution in [2.24, 2.45) is 0 Å². The van der Waals surface area contributed by atoms with Crippen LogP contribution in [0.2, 0.25) is 0 Å². The Morgan fingerprint density at radius 2 is 2.05 bits per heavy atom. The summed E-state index contributed by atoms with van der Waals surface area (Å²) >= 11 is 0. The first-order valence-corrected chi connectivity index (χ1v) is 6.07. The molecule has 4 nitrogen and oxygen atoms in total. The highest BCUT2D eigenvalue weighted by Crippen LogP contribution is 2.23. The van der Waals surface area contributed by atoms with Crippen LogP contribution < -0.4 is 4.90 Å². The fraction of sp³-hybridized carbons (Fsp3) is 0.267. The fourth-order valence-electron chi connectivity index (χ4n) is 1.93. The largest absolute Gasteiger partial charge is 0.356 e. The molecule has 4 heteroatoms. The number of hydrogen-bond acceptors (Lipinski definition) is 4. The monoisotopic (exact) mass is 250 g/mol. The van der Waals surface area contributed by atoms with Crippen LogP contribution in [-0.2, 0) is 0 Å². The summed E-state index contributed by atoms with van der Waals surface area (Å²) in [6.45, 7) is 1.96. The Morgan fingerprint density at radius 1 is 1.32 bits per heavy atom. The Balaban J connectivity index is 2.51. The van der Waals surface area contributed by atoms with E-state index in [4.69, 9.17) is 5.26 Å². The van der Waals surface area contributed by atoms with Crippen molar-refractivity contribution in [1.29, 1.82) is 10.5 Å². The highest BCUT2D eigenvalue weighted by atomic mass is 15.2. The fourth-order valence-corrected chi connectivity index (χ4v) is 1.93. The van der Waals surface area contributed by atoms with Crippen LogP contribution in [-0.4, -0.2) is 18.1 Å². The van der Waals surface area contributed by atoms with Crippen molar-refractivity contribution in [3.8, 4) is 12.1 Å². The number of nitrogens with zero attached hydrogens (tertiary/aromatic N) is 4. The lowest BCUT2D eigenvalue weighted by atomic mass is 10.1. The molecule has 2 rings (SSSR count). The van der Waals surface area contributed by atoms with Crippen LogP contribution >= 0.6 is 0 Å². The third-order valence-corrected chi connectivity index (χ3v) is 3.23. The summed E-state index contributed by atoms with van der Waals surface area (Å²) in [6.07, 6.45) is 0.424. The number of para-hydroxylation sites is 1. The zero-order valence-corrected chi connectivity index (χ0v) is 11.0. The smallest absolute Gasteiger partial charge is 0.130 e. The number of hydrogen-bond donors (Lipinski definition) is 0. The minimum absolute atomic E-state index is 0.0604. The molecular weight excluding hydrogens is 236 g/mol. The Bertz CT molecular complexity index is 679. The summed E-state index contributed by atoms with van der Waals surface area (Å²) in [5.41, 5.74) is 1.41. The van der Waals surface area contributed by atoms with Gasteiger partial charge in [-0.2, -0.15) is 10.5 Å². The molecule has 0 amide bonds. The van der Waals surface area contributed by atoms with Gasteiger partial charge in [0.15, 0.2) is 0 Å². The van der Waals surface area contributed by atoms with Gasteiger partial charge >= 0.3 is 0 Å². The molecule has 1 unspecified atom stereocenters. The van der Waals surface area contributed by atoms with Crippen molar-refractivity contribution in [3.05, 3.63) is 35.9 Å². The standard InChI is InChI=1S/C15H14N4/c1-11(7-8-16)19(2)15-9-12(10-17)13-5-3-4-6-14(13)18-15/h3-6,9,11H,7H2,1-2H3. The van der Waals surface area contributed by atoms with Gasteiger partial charge < -0.3 is 4.90 Å². The van der Waals surface area contributed by atoms with Crippen LogP contribution in [0.1, 0.15) is 18.9 Å². The molecule has 1 atom stereocenters. The van der Waals surface area contributed by atoms with Crippen molar-refractivity contribution in [2.45, 2.75) is 19.4 Å². The third-order valence-electron chi connectivity index (χ3n) is 3.23. The molecule has 94 valence electrons. The predicted octanol–water partition coefficient (Wildman–Crippen LogP) is 2.84. The lowest BCUT2D eigenvalue weighted by molar-refractivity contribution is 0.695. The van der Waals surface area contributed by atoms with Gasteiger partial charge in [-0.1, -0.05) is 18.2 Å². The number of aromatic nitrogens is 1. The number of benzene rings is 1. The summed E-state index contributed by atoms with van der Waals surface area (Å²) in [5.74, 6) is 0.720. The molecule has 1 aromatic heterocycles. The molecule has 0 saturated carbocycles. The van der Waals surface area contributed by atoms with Crippen molar-refractivity contribution in [1.82, 2.24) is 4.98 Å². The summed E-state index contributed by atoms with van der Waals surface area (Å²) in [5, 5.41) is 18.8. The van der Waals surface area contributed by atoms with E-state index in [2.05, 4.69) is 17.1 Å². The molecule has 1 heterocycles. The van der Waals surface area contributed by atoms with Crippen LogP contribution in [0.3, 0.4) is 0 Å². The molecular formula is C15H14N4. The van der Waals surface area contributed by atoms with E-state index in [9.17, 15) is 5.26 Å². The van der Waals surface area contributed by atoms with Crippen molar-refractivity contribution < 1.29 is 0 Å². The predicted molar refractivity (Wildman–Crippen MR) is 74.6 cm³/mol. The van der Waals surface area contributed by atoms with Gasteiger partial charge in [-0.3, -0.25) is 0 Å². The topological polar surface area (TPSA) is 63.7 Å². The van der Waals surface area contributed by atoms with E-state index in [1.165, 1.54) is 0 Å². The SMILES string of the molecule is CC(CC#N)N(C)c1cc(C#N)c2ccccc2n1. The van der Waals surface area contributed by atoms with Gasteiger partial charge in [0, 0.05) is 18.5 Å². The van der Waals surface area contributed by atoms with Gasteiger partial charge in [-0.05, 0) is 19.1 Å². The third kappa shape index (κ3) is 2.48. The minimum Gasteiger partial charge on any atom is -0.356 e. The van der Waals surface area contributed by atoms with E-state index < -0.39 is 0 Å². The lowest BCUT2D eigenvalue weighted by Gasteiger charge is -2.24. The van der Waals surface area contributed by atoms with E-state index >= 15 is 0 Å². The van der Waals surface area contributed by atoms with Gasteiger partial charge in [-0.15, -0.1) is 0 Å². The molecule has 0 saturated heterocycles. The molecule has 0 N–H and O–H groups in total. The van der Waals surface area contributed by atoms with Gasteiger partial charge in [0.25, 0.3) is 0 Å². The minimum atomic E-state index is 0.0604. The number of fused-ring (bicyclic) bond motifs is 1. The van der Waals surface area contributed by atoms with Gasteiger partial charge in [-0.25, -0.2) is 4.98 Å². The highest BCUT2D eigenvalue weighted by Gasteiger charge is 2.13. The zero-order valence-electron chi connectivity index (χ0n) is 11.0. The van der Waals surface area contributed by atoms with Crippen molar-refractivity contribution >= 4 is 16.7 Å². The average Bonchev–Trinajstić information content (AvgIpc) is 2.45. The maximum absolute atomic E-state index is 9.24. The Morgan fingerprint density at radius 3 is 2.74 bits per heavy atom. The van der Waals surface area contributed by atoms with E-state index in [1.54, 1.807) is 6.07 Å². The molecule has 0 radical (unpaired) electrons. The second-order valence-electron chi connectivity index (χ2n) is 4.48. The van der Waals surface area contributed by atoms with Crippen LogP contribution in [0.15, 0.2) is 30.3 Å².